The largest absolute Gasteiger partial charge is 0.496 e. The summed E-state index contributed by atoms with van der Waals surface area (Å²) in [4.78, 5) is 27.4. The zero-order chi connectivity index (χ0) is 22.1. The van der Waals surface area contributed by atoms with Crippen molar-refractivity contribution in [2.75, 3.05) is 25.1 Å². The molecule has 1 amide bonds. The molecule has 0 aliphatic heterocycles. The predicted octanol–water partition coefficient (Wildman–Crippen LogP) is 3.47. The van der Waals surface area contributed by atoms with E-state index >= 15 is 0 Å². The molecule has 0 saturated carbocycles. The van der Waals surface area contributed by atoms with E-state index in [0.29, 0.717) is 16.9 Å². The van der Waals surface area contributed by atoms with Gasteiger partial charge in [0.1, 0.15) is 5.75 Å². The summed E-state index contributed by atoms with van der Waals surface area (Å²) in [5, 5.41) is 0. The Bertz CT molecular complexity index is 836. The number of esters is 1. The van der Waals surface area contributed by atoms with Crippen LogP contribution in [-0.4, -0.2) is 38.2 Å². The number of carbonyl (C=O) groups excluding carboxylic acids is 2. The van der Waals surface area contributed by atoms with Gasteiger partial charge in [0.2, 0.25) is 0 Å². The molecule has 0 aromatic heterocycles. The Kier molecular flexibility index (Phi) is 8.68. The highest BCUT2D eigenvalue weighted by molar-refractivity contribution is 5.94. The summed E-state index contributed by atoms with van der Waals surface area (Å²) in [6.07, 6.45) is -0.299. The van der Waals surface area contributed by atoms with Gasteiger partial charge in [-0.3, -0.25) is 10.2 Å². The van der Waals surface area contributed by atoms with E-state index in [2.05, 4.69) is 29.6 Å². The van der Waals surface area contributed by atoms with Crippen molar-refractivity contribution in [2.45, 2.75) is 39.8 Å². The van der Waals surface area contributed by atoms with Gasteiger partial charge in [-0.15, -0.1) is 0 Å². The van der Waals surface area contributed by atoms with Crippen LogP contribution < -0.4 is 20.5 Å². The molecule has 2 aromatic carbocycles. The molecule has 0 fully saturated rings. The van der Waals surface area contributed by atoms with E-state index in [4.69, 9.17) is 9.47 Å². The van der Waals surface area contributed by atoms with Crippen molar-refractivity contribution >= 4 is 17.6 Å². The molecule has 0 unspecified atom stereocenters. The van der Waals surface area contributed by atoms with Crippen molar-refractivity contribution < 1.29 is 19.1 Å². The molecule has 162 valence electrons. The summed E-state index contributed by atoms with van der Waals surface area (Å²) < 4.78 is 11.0. The second kappa shape index (κ2) is 11.2. The maximum absolute atomic E-state index is 12.8. The zero-order valence-electron chi connectivity index (χ0n) is 18.3. The topological polar surface area (TPSA) is 79.9 Å². The first-order chi connectivity index (χ1) is 14.4. The minimum Gasteiger partial charge on any atom is -0.496 e. The van der Waals surface area contributed by atoms with Crippen LogP contribution in [0.1, 0.15) is 49.7 Å². The van der Waals surface area contributed by atoms with Crippen LogP contribution in [0.2, 0.25) is 0 Å². The zero-order valence-corrected chi connectivity index (χ0v) is 18.3. The number of amides is 1. The average Bonchev–Trinajstić information content (AvgIpc) is 2.75. The number of anilines is 1. The molecule has 7 heteroatoms. The highest BCUT2D eigenvalue weighted by atomic mass is 16.5. The Morgan fingerprint density at radius 3 is 2.27 bits per heavy atom. The van der Waals surface area contributed by atoms with Gasteiger partial charge in [-0.2, -0.15) is 0 Å². The summed E-state index contributed by atoms with van der Waals surface area (Å²) in [5.74, 6) is -0.324. The number of hydrogen-bond donors (Lipinski definition) is 2. The van der Waals surface area contributed by atoms with Crippen LogP contribution in [0.15, 0.2) is 48.5 Å². The Balaban J connectivity index is 2.32. The molecule has 0 radical (unpaired) electrons. The number of hydrogen-bond acceptors (Lipinski definition) is 6. The second-order valence-electron chi connectivity index (χ2n) is 6.98. The van der Waals surface area contributed by atoms with Crippen molar-refractivity contribution in [3.8, 4) is 5.75 Å². The number of hydrazine groups is 1. The number of nitrogens with one attached hydrogen (secondary N) is 2. The van der Waals surface area contributed by atoms with Gasteiger partial charge in [-0.05, 0) is 45.9 Å². The maximum Gasteiger partial charge on any atom is 0.329 e. The lowest BCUT2D eigenvalue weighted by Gasteiger charge is -2.25. The third kappa shape index (κ3) is 5.97. The van der Waals surface area contributed by atoms with Crippen LogP contribution in [-0.2, 0) is 9.53 Å². The summed E-state index contributed by atoms with van der Waals surface area (Å²) in [7, 11) is 1.55. The van der Waals surface area contributed by atoms with Crippen LogP contribution in [0.3, 0.4) is 0 Å². The maximum atomic E-state index is 12.8. The normalized spacial score (nSPS) is 11.7. The Labute approximate surface area is 178 Å². The van der Waals surface area contributed by atoms with Gasteiger partial charge in [0.05, 0.1) is 13.2 Å². The van der Waals surface area contributed by atoms with Crippen LogP contribution in [0.4, 0.5) is 5.69 Å². The van der Waals surface area contributed by atoms with Crippen molar-refractivity contribution in [3.63, 3.8) is 0 Å². The molecule has 0 spiro atoms. The van der Waals surface area contributed by atoms with E-state index in [0.717, 1.165) is 18.8 Å². The minimum absolute atomic E-state index is 0.299. The average molecular weight is 414 g/mol. The van der Waals surface area contributed by atoms with Crippen molar-refractivity contribution in [2.24, 2.45) is 0 Å². The first-order valence-corrected chi connectivity index (χ1v) is 10.2. The summed E-state index contributed by atoms with van der Waals surface area (Å²) in [6, 6.07) is 13.5. The van der Waals surface area contributed by atoms with Crippen LogP contribution in [0.25, 0.3) is 0 Å². The molecule has 2 N–H and O–H groups in total. The molecule has 30 heavy (non-hydrogen) atoms. The molecule has 0 saturated heterocycles. The number of nitrogens with zero attached hydrogens (tertiary/aromatic N) is 1. The van der Waals surface area contributed by atoms with Crippen molar-refractivity contribution in [1.82, 2.24) is 10.9 Å². The number of rotatable bonds is 10. The van der Waals surface area contributed by atoms with Gasteiger partial charge in [0.25, 0.3) is 5.91 Å². The fourth-order valence-electron chi connectivity index (χ4n) is 3.09. The quantitative estimate of drug-likeness (QED) is 0.459. The van der Waals surface area contributed by atoms with Gasteiger partial charge in [-0.25, -0.2) is 10.2 Å². The smallest absolute Gasteiger partial charge is 0.329 e. The molecule has 0 bridgehead atoms. The molecule has 7 nitrogen and oxygen atoms in total. The Morgan fingerprint density at radius 1 is 1.03 bits per heavy atom. The molecule has 2 rings (SSSR count). The lowest BCUT2D eigenvalue weighted by Crippen LogP contribution is -2.44. The first-order valence-electron chi connectivity index (χ1n) is 10.2. The predicted molar refractivity (Wildman–Crippen MR) is 118 cm³/mol. The standard InChI is InChI=1S/C23H31N3O4/c1-6-26(7-2)18-13-14-19(20(15-18)29-5)21(23(28)30-16(3)4)24-25-22(27)17-11-9-8-10-12-17/h8-16,21,24H,6-7H2,1-5H3,(H,25,27)/t21-/m0/s1. The Hall–Kier alpha value is -3.06. The lowest BCUT2D eigenvalue weighted by atomic mass is 10.0. The third-order valence-corrected chi connectivity index (χ3v) is 4.61. The minimum atomic E-state index is -0.930. The van der Waals surface area contributed by atoms with Crippen molar-refractivity contribution in [3.05, 3.63) is 59.7 Å². The van der Waals surface area contributed by atoms with Gasteiger partial charge in [0.15, 0.2) is 6.04 Å². The fourth-order valence-corrected chi connectivity index (χ4v) is 3.09. The van der Waals surface area contributed by atoms with E-state index < -0.39 is 12.0 Å². The molecule has 0 aliphatic rings. The second-order valence-corrected chi connectivity index (χ2v) is 6.98. The number of carbonyl (C=O) groups is 2. The number of benzene rings is 2. The molecular weight excluding hydrogens is 382 g/mol. The van der Waals surface area contributed by atoms with Gasteiger partial charge in [-0.1, -0.05) is 24.3 Å². The van der Waals surface area contributed by atoms with E-state index in [1.54, 1.807) is 45.2 Å². The lowest BCUT2D eigenvalue weighted by molar-refractivity contribution is -0.150. The van der Waals surface area contributed by atoms with E-state index in [1.165, 1.54) is 0 Å². The van der Waals surface area contributed by atoms with Crippen LogP contribution >= 0.6 is 0 Å². The molecule has 2 aromatic rings. The molecular formula is C23H31N3O4. The monoisotopic (exact) mass is 413 g/mol. The van der Waals surface area contributed by atoms with Crippen LogP contribution in [0.5, 0.6) is 5.75 Å². The van der Waals surface area contributed by atoms with E-state index in [1.807, 2.05) is 24.3 Å². The summed E-state index contributed by atoms with van der Waals surface area (Å²) in [5.41, 5.74) is 7.47. The van der Waals surface area contributed by atoms with Crippen LogP contribution in [0, 0.1) is 0 Å². The van der Waals surface area contributed by atoms with E-state index in [-0.39, 0.29) is 12.0 Å². The molecule has 1 atom stereocenters. The Morgan fingerprint density at radius 2 is 1.70 bits per heavy atom. The molecule has 0 aliphatic carbocycles. The van der Waals surface area contributed by atoms with Gasteiger partial charge in [0, 0.05) is 36.0 Å². The van der Waals surface area contributed by atoms with Crippen molar-refractivity contribution in [1.29, 1.82) is 0 Å². The summed E-state index contributed by atoms with van der Waals surface area (Å²) in [6.45, 7) is 9.41. The highest BCUT2D eigenvalue weighted by Crippen LogP contribution is 2.31. The summed E-state index contributed by atoms with van der Waals surface area (Å²) >= 11 is 0. The van der Waals surface area contributed by atoms with E-state index in [9.17, 15) is 9.59 Å². The number of methoxy groups -OCH3 is 1. The fraction of sp³-hybridized carbons (Fsp3) is 0.391. The third-order valence-electron chi connectivity index (χ3n) is 4.61. The SMILES string of the molecule is CCN(CC)c1ccc([C@H](NNC(=O)c2ccccc2)C(=O)OC(C)C)c(OC)c1. The highest BCUT2D eigenvalue weighted by Gasteiger charge is 2.27. The van der Waals surface area contributed by atoms with Gasteiger partial charge >= 0.3 is 5.97 Å². The molecule has 0 heterocycles. The van der Waals surface area contributed by atoms with Gasteiger partial charge < -0.3 is 14.4 Å². The number of ether oxygens (including phenoxy) is 2. The first kappa shape index (κ1) is 23.2.